The van der Waals surface area contributed by atoms with Gasteiger partial charge in [0.15, 0.2) is 0 Å². The molecule has 0 aliphatic heterocycles. The third kappa shape index (κ3) is 6.21. The number of nitrogens with zero attached hydrogens (tertiary/aromatic N) is 1. The van der Waals surface area contributed by atoms with Gasteiger partial charge >= 0.3 is 7.60 Å². The quantitative estimate of drug-likeness (QED) is 0.284. The van der Waals surface area contributed by atoms with Crippen LogP contribution in [0.2, 0.25) is 0 Å². The molecule has 0 radical (unpaired) electrons. The maximum Gasteiger partial charge on any atom is 0.430 e. The molecule has 3 rings (SSSR count). The van der Waals surface area contributed by atoms with E-state index in [1.165, 1.54) is 0 Å². The molecule has 0 bridgehead atoms. The molecule has 0 unspecified atom stereocenters. The van der Waals surface area contributed by atoms with E-state index in [9.17, 15) is 14.6 Å². The summed E-state index contributed by atoms with van der Waals surface area (Å²) in [5.41, 5.74) is 0.377. The van der Waals surface area contributed by atoms with Gasteiger partial charge in [-0.2, -0.15) is 5.06 Å². The lowest BCUT2D eigenvalue weighted by molar-refractivity contribution is -0.123. The van der Waals surface area contributed by atoms with Crippen LogP contribution in [0.25, 0.3) is 0 Å². The van der Waals surface area contributed by atoms with E-state index in [1.54, 1.807) is 78.9 Å². The third-order valence-electron chi connectivity index (χ3n) is 4.04. The summed E-state index contributed by atoms with van der Waals surface area (Å²) in [5, 5.41) is 10.6. The largest absolute Gasteiger partial charge is 0.430 e. The van der Waals surface area contributed by atoms with Gasteiger partial charge in [0.05, 0.1) is 11.8 Å². The van der Waals surface area contributed by atoms with Crippen LogP contribution in [0.1, 0.15) is 12.8 Å². The highest BCUT2D eigenvalue weighted by molar-refractivity contribution is 7.54. The maximum atomic E-state index is 13.3. The predicted molar refractivity (Wildman–Crippen MR) is 112 cm³/mol. The summed E-state index contributed by atoms with van der Waals surface area (Å²) < 4.78 is 24.7. The summed E-state index contributed by atoms with van der Waals surface area (Å²) in [5.74, 6) is 0.347. The van der Waals surface area contributed by atoms with E-state index < -0.39 is 13.5 Å². The molecule has 0 fully saturated rings. The molecule has 150 valence electrons. The van der Waals surface area contributed by atoms with Crippen molar-refractivity contribution in [2.24, 2.45) is 0 Å². The number of anilines is 1. The second-order valence-electron chi connectivity index (χ2n) is 6.29. The molecule has 0 aliphatic carbocycles. The van der Waals surface area contributed by atoms with Gasteiger partial charge < -0.3 is 9.05 Å². The van der Waals surface area contributed by atoms with Gasteiger partial charge in [-0.05, 0) is 42.8 Å². The lowest BCUT2D eigenvalue weighted by Crippen LogP contribution is -2.26. The fraction of sp³-hybridized carbons (Fsp3) is 0.136. The summed E-state index contributed by atoms with van der Waals surface area (Å²) in [6.07, 6.45) is 0.233. The second kappa shape index (κ2) is 9.92. The Bertz CT molecular complexity index is 905. The number of benzene rings is 3. The third-order valence-corrected chi connectivity index (χ3v) is 5.88. The van der Waals surface area contributed by atoms with Gasteiger partial charge in [-0.3, -0.25) is 10.0 Å². The number of hydrogen-bond donors (Lipinski definition) is 1. The smallest absolute Gasteiger partial charge is 0.416 e. The van der Waals surface area contributed by atoms with Crippen LogP contribution in [0, 0.1) is 0 Å². The molecule has 3 aromatic carbocycles. The van der Waals surface area contributed by atoms with Crippen LogP contribution in [-0.4, -0.2) is 17.3 Å². The van der Waals surface area contributed by atoms with Crippen molar-refractivity contribution in [3.63, 3.8) is 0 Å². The molecular weight excluding hydrogens is 389 g/mol. The summed E-state index contributed by atoms with van der Waals surface area (Å²) in [7, 11) is -3.57. The number of amides is 1. The Labute approximate surface area is 169 Å². The number of carbonyl (C=O) groups is 1. The van der Waals surface area contributed by atoms with Crippen LogP contribution in [0.4, 0.5) is 5.69 Å². The van der Waals surface area contributed by atoms with E-state index in [0.717, 1.165) is 0 Å². The normalized spacial score (nSPS) is 10.9. The van der Waals surface area contributed by atoms with Gasteiger partial charge in [-0.25, -0.2) is 4.57 Å². The highest BCUT2D eigenvalue weighted by Gasteiger charge is 2.28. The molecule has 0 heterocycles. The fourth-order valence-electron chi connectivity index (χ4n) is 2.64. The topological polar surface area (TPSA) is 76.1 Å². The molecular formula is C22H22NO5P. The first kappa shape index (κ1) is 20.6. The molecule has 0 atom stereocenters. The SMILES string of the molecule is O=C(CCCP(=O)(Oc1ccccc1)Oc1ccccc1)N(O)c1ccccc1. The van der Waals surface area contributed by atoms with Gasteiger partial charge in [0.1, 0.15) is 11.5 Å². The standard InChI is InChI=1S/C22H22NO5P/c24-22(23(25)19-11-4-1-5-12-19)17-10-18-29(26,27-20-13-6-2-7-14-20)28-21-15-8-3-9-16-21/h1-9,11-16,25H,10,17-18H2. The van der Waals surface area contributed by atoms with Crippen LogP contribution in [0.15, 0.2) is 91.0 Å². The lowest BCUT2D eigenvalue weighted by atomic mass is 10.3. The Balaban J connectivity index is 1.65. The first-order valence-corrected chi connectivity index (χ1v) is 10.9. The zero-order valence-corrected chi connectivity index (χ0v) is 16.7. The lowest BCUT2D eigenvalue weighted by Gasteiger charge is -2.20. The van der Waals surface area contributed by atoms with Crippen LogP contribution in [-0.2, 0) is 9.36 Å². The van der Waals surface area contributed by atoms with E-state index in [1.807, 2.05) is 12.1 Å². The summed E-state index contributed by atoms with van der Waals surface area (Å²) >= 11 is 0. The van der Waals surface area contributed by atoms with Crippen molar-refractivity contribution in [2.75, 3.05) is 11.2 Å². The number of hydroxylamine groups is 1. The van der Waals surface area contributed by atoms with Crippen molar-refractivity contribution in [1.29, 1.82) is 0 Å². The fourth-order valence-corrected chi connectivity index (χ4v) is 4.29. The van der Waals surface area contributed by atoms with E-state index in [4.69, 9.17) is 9.05 Å². The summed E-state index contributed by atoms with van der Waals surface area (Å²) in [6, 6.07) is 26.0. The van der Waals surface area contributed by atoms with E-state index in [0.29, 0.717) is 22.2 Å². The molecule has 0 aliphatic rings. The predicted octanol–water partition coefficient (Wildman–Crippen LogP) is 5.54. The van der Waals surface area contributed by atoms with E-state index in [-0.39, 0.29) is 19.0 Å². The van der Waals surface area contributed by atoms with Gasteiger partial charge in [0.2, 0.25) is 0 Å². The van der Waals surface area contributed by atoms with Gasteiger partial charge in [0.25, 0.3) is 5.91 Å². The average molecular weight is 411 g/mol. The molecule has 1 amide bonds. The van der Waals surface area contributed by atoms with E-state index in [2.05, 4.69) is 0 Å². The average Bonchev–Trinajstić information content (AvgIpc) is 2.75. The molecule has 7 heteroatoms. The minimum Gasteiger partial charge on any atom is -0.416 e. The molecule has 0 aromatic heterocycles. The molecule has 29 heavy (non-hydrogen) atoms. The zero-order valence-electron chi connectivity index (χ0n) is 15.8. The first-order valence-electron chi connectivity index (χ1n) is 9.21. The van der Waals surface area contributed by atoms with Crippen molar-refractivity contribution >= 4 is 19.2 Å². The zero-order chi connectivity index (χ0) is 20.5. The maximum absolute atomic E-state index is 13.3. The van der Waals surface area contributed by atoms with Crippen molar-refractivity contribution in [1.82, 2.24) is 0 Å². The van der Waals surface area contributed by atoms with Gasteiger partial charge in [-0.1, -0.05) is 54.6 Å². The van der Waals surface area contributed by atoms with Crippen molar-refractivity contribution in [3.8, 4) is 11.5 Å². The van der Waals surface area contributed by atoms with Gasteiger partial charge in [-0.15, -0.1) is 0 Å². The first-order chi connectivity index (χ1) is 14.1. The second-order valence-corrected chi connectivity index (χ2v) is 8.32. The van der Waals surface area contributed by atoms with Crippen LogP contribution in [0.3, 0.4) is 0 Å². The minimum atomic E-state index is -3.57. The number of para-hydroxylation sites is 3. The molecule has 0 spiro atoms. The Morgan fingerprint density at radius 3 is 1.72 bits per heavy atom. The van der Waals surface area contributed by atoms with Crippen molar-refractivity contribution in [3.05, 3.63) is 91.0 Å². The number of rotatable bonds is 9. The highest BCUT2D eigenvalue weighted by Crippen LogP contribution is 2.49. The molecule has 0 saturated heterocycles. The Hall–Kier alpha value is -3.08. The highest BCUT2D eigenvalue weighted by atomic mass is 31.2. The molecule has 6 nitrogen and oxygen atoms in total. The Kier molecular flexibility index (Phi) is 7.06. The summed E-state index contributed by atoms with van der Waals surface area (Å²) in [4.78, 5) is 12.3. The molecule has 3 aromatic rings. The molecule has 0 saturated carbocycles. The van der Waals surface area contributed by atoms with Crippen LogP contribution in [0.5, 0.6) is 11.5 Å². The number of carbonyl (C=O) groups excluding carboxylic acids is 1. The van der Waals surface area contributed by atoms with Crippen LogP contribution < -0.4 is 14.1 Å². The monoisotopic (exact) mass is 411 g/mol. The number of hydrogen-bond acceptors (Lipinski definition) is 5. The Morgan fingerprint density at radius 2 is 1.24 bits per heavy atom. The summed E-state index contributed by atoms with van der Waals surface area (Å²) in [6.45, 7) is 0. The van der Waals surface area contributed by atoms with Crippen molar-refractivity contribution < 1.29 is 23.6 Å². The van der Waals surface area contributed by atoms with Crippen molar-refractivity contribution in [2.45, 2.75) is 12.8 Å². The van der Waals surface area contributed by atoms with E-state index >= 15 is 0 Å². The van der Waals surface area contributed by atoms with Gasteiger partial charge in [0, 0.05) is 6.42 Å². The Morgan fingerprint density at radius 1 is 0.793 bits per heavy atom. The molecule has 1 N–H and O–H groups in total. The minimum absolute atomic E-state index is 0.00825. The van der Waals surface area contributed by atoms with Crippen LogP contribution >= 0.6 is 7.60 Å².